The van der Waals surface area contributed by atoms with Crippen LogP contribution in [0.25, 0.3) is 0 Å². The fraction of sp³-hybridized carbons (Fsp3) is 0.588. The lowest BCUT2D eigenvalue weighted by Gasteiger charge is -2.31. The molecular formula is C17H25ClN2O4S. The maximum absolute atomic E-state index is 12.7. The first-order valence-corrected chi connectivity index (χ1v) is 10.4. The van der Waals surface area contributed by atoms with Crippen molar-refractivity contribution < 1.29 is 17.9 Å². The van der Waals surface area contributed by atoms with Gasteiger partial charge in [0.05, 0.1) is 10.8 Å². The molecule has 1 atom stereocenters. The van der Waals surface area contributed by atoms with Gasteiger partial charge >= 0.3 is 0 Å². The summed E-state index contributed by atoms with van der Waals surface area (Å²) >= 11 is 5.82. The molecule has 140 valence electrons. The summed E-state index contributed by atoms with van der Waals surface area (Å²) in [6, 6.07) is 6.10. The fourth-order valence-electron chi connectivity index (χ4n) is 2.80. The molecule has 6 nitrogen and oxygen atoms in total. The van der Waals surface area contributed by atoms with Crippen LogP contribution in [0.3, 0.4) is 0 Å². The summed E-state index contributed by atoms with van der Waals surface area (Å²) < 4.78 is 32.1. The van der Waals surface area contributed by atoms with Gasteiger partial charge in [-0.3, -0.25) is 4.79 Å². The maximum Gasteiger partial charge on any atom is 0.243 e. The van der Waals surface area contributed by atoms with E-state index in [0.29, 0.717) is 44.2 Å². The number of ether oxygens (including phenoxy) is 1. The lowest BCUT2D eigenvalue weighted by atomic mass is 9.99. The normalized spacial score (nSPS) is 18.9. The van der Waals surface area contributed by atoms with E-state index in [1.165, 1.54) is 16.4 Å². The Labute approximate surface area is 154 Å². The van der Waals surface area contributed by atoms with E-state index in [0.717, 1.165) is 6.42 Å². The molecule has 1 aromatic rings. The second-order valence-electron chi connectivity index (χ2n) is 6.00. The van der Waals surface area contributed by atoms with Crippen LogP contribution in [0.5, 0.6) is 0 Å². The largest absolute Gasteiger partial charge is 0.382 e. The van der Waals surface area contributed by atoms with Crippen molar-refractivity contribution in [2.24, 2.45) is 5.92 Å². The van der Waals surface area contributed by atoms with Crippen molar-refractivity contribution in [1.29, 1.82) is 0 Å². The second-order valence-corrected chi connectivity index (χ2v) is 8.37. The number of hydrogen-bond acceptors (Lipinski definition) is 4. The minimum Gasteiger partial charge on any atom is -0.382 e. The number of sulfonamides is 1. The number of benzene rings is 1. The number of nitrogens with one attached hydrogen (secondary N) is 1. The van der Waals surface area contributed by atoms with Gasteiger partial charge in [0, 0.05) is 37.9 Å². The Morgan fingerprint density at radius 1 is 1.36 bits per heavy atom. The molecule has 0 saturated carbocycles. The van der Waals surface area contributed by atoms with Crippen LogP contribution in [0.4, 0.5) is 0 Å². The number of amides is 1. The predicted octanol–water partition coefficient (Wildman–Crippen LogP) is 2.28. The van der Waals surface area contributed by atoms with Gasteiger partial charge in [0.25, 0.3) is 0 Å². The van der Waals surface area contributed by atoms with Crippen LogP contribution in [0.1, 0.15) is 26.2 Å². The lowest BCUT2D eigenvalue weighted by Crippen LogP contribution is -2.45. The van der Waals surface area contributed by atoms with Crippen LogP contribution in [-0.2, 0) is 19.6 Å². The topological polar surface area (TPSA) is 75.7 Å². The smallest absolute Gasteiger partial charge is 0.243 e. The molecule has 0 bridgehead atoms. The Balaban J connectivity index is 1.93. The van der Waals surface area contributed by atoms with Crippen molar-refractivity contribution in [3.63, 3.8) is 0 Å². The molecule has 1 aromatic carbocycles. The highest BCUT2D eigenvalue weighted by molar-refractivity contribution is 7.89. The summed E-state index contributed by atoms with van der Waals surface area (Å²) in [5, 5.41) is 3.36. The summed E-state index contributed by atoms with van der Waals surface area (Å²) in [6.45, 7) is 4.38. The van der Waals surface area contributed by atoms with Crippen molar-refractivity contribution in [3.8, 4) is 0 Å². The van der Waals surface area contributed by atoms with E-state index in [-0.39, 0.29) is 23.3 Å². The van der Waals surface area contributed by atoms with Crippen LogP contribution < -0.4 is 5.32 Å². The molecule has 1 heterocycles. The van der Waals surface area contributed by atoms with Crippen LogP contribution in [0, 0.1) is 5.92 Å². The molecule has 0 aliphatic carbocycles. The highest BCUT2D eigenvalue weighted by Gasteiger charge is 2.33. The zero-order valence-electron chi connectivity index (χ0n) is 14.4. The number of nitrogens with zero attached hydrogens (tertiary/aromatic N) is 1. The molecule has 0 aromatic heterocycles. The van der Waals surface area contributed by atoms with Crippen molar-refractivity contribution in [2.75, 3.05) is 32.8 Å². The molecule has 1 saturated heterocycles. The molecule has 8 heteroatoms. The Morgan fingerprint density at radius 2 is 2.08 bits per heavy atom. The number of carbonyl (C=O) groups is 1. The number of carbonyl (C=O) groups excluding carboxylic acids is 1. The highest BCUT2D eigenvalue weighted by atomic mass is 35.5. The monoisotopic (exact) mass is 388 g/mol. The van der Waals surface area contributed by atoms with Crippen molar-refractivity contribution >= 4 is 27.5 Å². The first kappa shape index (κ1) is 20.2. The van der Waals surface area contributed by atoms with Crippen LogP contribution in [0.2, 0.25) is 5.02 Å². The van der Waals surface area contributed by atoms with E-state index >= 15 is 0 Å². The SMILES string of the molecule is CCOCCCNC(=O)[C@@H]1CCCN(S(=O)(=O)c2ccc(Cl)cc2)C1. The van der Waals surface area contributed by atoms with Crippen LogP contribution in [0.15, 0.2) is 29.2 Å². The van der Waals surface area contributed by atoms with E-state index in [1.807, 2.05) is 6.92 Å². The minimum atomic E-state index is -3.60. The van der Waals surface area contributed by atoms with Gasteiger partial charge in [0.15, 0.2) is 0 Å². The van der Waals surface area contributed by atoms with Gasteiger partial charge in [0.1, 0.15) is 0 Å². The second kappa shape index (κ2) is 9.52. The van der Waals surface area contributed by atoms with Crippen molar-refractivity contribution in [1.82, 2.24) is 9.62 Å². The number of piperidine rings is 1. The molecule has 0 unspecified atom stereocenters. The molecule has 1 aliphatic heterocycles. The summed E-state index contributed by atoms with van der Waals surface area (Å²) in [7, 11) is -3.60. The predicted molar refractivity (Wildman–Crippen MR) is 97.1 cm³/mol. The Bertz CT molecular complexity index is 664. The molecule has 0 radical (unpaired) electrons. The molecule has 1 aliphatic rings. The van der Waals surface area contributed by atoms with Gasteiger partial charge in [-0.25, -0.2) is 8.42 Å². The standard InChI is InChI=1S/C17H25ClN2O4S/c1-2-24-12-4-10-19-17(21)14-5-3-11-20(13-14)25(22,23)16-8-6-15(18)7-9-16/h6-9,14H,2-5,10-13H2,1H3,(H,19,21)/t14-/m1/s1. The zero-order valence-corrected chi connectivity index (χ0v) is 16.0. The first-order chi connectivity index (χ1) is 11.9. The third kappa shape index (κ3) is 5.67. The number of rotatable bonds is 8. The Hall–Kier alpha value is -1.15. The van der Waals surface area contributed by atoms with E-state index in [4.69, 9.17) is 16.3 Å². The highest BCUT2D eigenvalue weighted by Crippen LogP contribution is 2.24. The summed E-state index contributed by atoms with van der Waals surface area (Å²) in [5.41, 5.74) is 0. The van der Waals surface area contributed by atoms with Crippen molar-refractivity contribution in [3.05, 3.63) is 29.3 Å². The molecule has 2 rings (SSSR count). The molecule has 1 N–H and O–H groups in total. The summed E-state index contributed by atoms with van der Waals surface area (Å²) in [5.74, 6) is -0.407. The number of hydrogen-bond donors (Lipinski definition) is 1. The van der Waals surface area contributed by atoms with Crippen LogP contribution >= 0.6 is 11.6 Å². The van der Waals surface area contributed by atoms with Gasteiger partial charge in [-0.15, -0.1) is 0 Å². The van der Waals surface area contributed by atoms with Crippen molar-refractivity contribution in [2.45, 2.75) is 31.1 Å². The average Bonchev–Trinajstić information content (AvgIpc) is 2.62. The quantitative estimate of drug-likeness (QED) is 0.693. The average molecular weight is 389 g/mol. The van der Waals surface area contributed by atoms with E-state index in [9.17, 15) is 13.2 Å². The molecule has 25 heavy (non-hydrogen) atoms. The van der Waals surface area contributed by atoms with Gasteiger partial charge in [-0.2, -0.15) is 4.31 Å². The first-order valence-electron chi connectivity index (χ1n) is 8.56. The van der Waals surface area contributed by atoms with E-state index in [1.54, 1.807) is 12.1 Å². The Morgan fingerprint density at radius 3 is 2.76 bits per heavy atom. The third-order valence-electron chi connectivity index (χ3n) is 4.18. The fourth-order valence-corrected chi connectivity index (χ4v) is 4.45. The van der Waals surface area contributed by atoms with Gasteiger partial charge < -0.3 is 10.1 Å². The minimum absolute atomic E-state index is 0.0903. The molecular weight excluding hydrogens is 364 g/mol. The lowest BCUT2D eigenvalue weighted by molar-refractivity contribution is -0.126. The maximum atomic E-state index is 12.7. The molecule has 1 fully saturated rings. The zero-order chi connectivity index (χ0) is 18.3. The Kier molecular flexibility index (Phi) is 7.68. The molecule has 1 amide bonds. The van der Waals surface area contributed by atoms with Gasteiger partial charge in [-0.05, 0) is 50.5 Å². The van der Waals surface area contributed by atoms with E-state index in [2.05, 4.69) is 5.32 Å². The molecule has 0 spiro atoms. The summed E-state index contributed by atoms with van der Waals surface area (Å²) in [4.78, 5) is 12.5. The van der Waals surface area contributed by atoms with E-state index < -0.39 is 10.0 Å². The summed E-state index contributed by atoms with van der Waals surface area (Å²) in [6.07, 6.45) is 2.12. The van der Waals surface area contributed by atoms with Crippen LogP contribution in [-0.4, -0.2) is 51.5 Å². The van der Waals surface area contributed by atoms with Gasteiger partial charge in [-0.1, -0.05) is 11.6 Å². The third-order valence-corrected chi connectivity index (χ3v) is 6.31. The van der Waals surface area contributed by atoms with Gasteiger partial charge in [0.2, 0.25) is 15.9 Å². The number of halogens is 1.